The van der Waals surface area contributed by atoms with Crippen molar-refractivity contribution < 1.29 is 29.7 Å². The molecule has 150 valence electrons. The maximum atomic E-state index is 11.8. The molecule has 0 heterocycles. The largest absolute Gasteiger partial charge is 0.480 e. The van der Waals surface area contributed by atoms with E-state index in [0.29, 0.717) is 13.0 Å². The van der Waals surface area contributed by atoms with Gasteiger partial charge < -0.3 is 20.4 Å². The maximum absolute atomic E-state index is 11.8. The summed E-state index contributed by atoms with van der Waals surface area (Å²) >= 11 is 0. The molecule has 0 aliphatic heterocycles. The van der Waals surface area contributed by atoms with Gasteiger partial charge >= 0.3 is 12.1 Å². The van der Waals surface area contributed by atoms with Crippen molar-refractivity contribution >= 4 is 12.1 Å². The molecule has 27 heavy (non-hydrogen) atoms. The number of aliphatic carboxylic acids is 1. The highest BCUT2D eigenvalue weighted by Crippen LogP contribution is 2.09. The van der Waals surface area contributed by atoms with Crippen LogP contribution in [0.15, 0.2) is 35.4 Å². The smallest absolute Gasteiger partial charge is 0.408 e. The van der Waals surface area contributed by atoms with Crippen LogP contribution in [0.2, 0.25) is 0 Å². The molecule has 5 N–H and O–H groups in total. The molecule has 0 saturated heterocycles. The van der Waals surface area contributed by atoms with Gasteiger partial charge in [-0.15, -0.1) is 10.1 Å². The second-order valence-electron chi connectivity index (χ2n) is 5.34. The van der Waals surface area contributed by atoms with E-state index < -0.39 is 23.2 Å². The van der Waals surface area contributed by atoms with Crippen LogP contribution >= 0.6 is 0 Å². The fraction of sp³-hybridized carbons (Fsp3) is 0.467. The molecule has 12 heteroatoms. The van der Waals surface area contributed by atoms with Crippen molar-refractivity contribution in [3.05, 3.63) is 46.0 Å². The third-order valence-electron chi connectivity index (χ3n) is 3.29. The zero-order chi connectivity index (χ0) is 20.7. The SMILES string of the molecule is C[C@H](CCNCN=N)[C@H](NC(=O)OCc1ccccc1)C(=O)O.O=[N+]([O-])O. The first-order valence-corrected chi connectivity index (χ1v) is 7.85. The van der Waals surface area contributed by atoms with Crippen LogP contribution in [0.25, 0.3) is 0 Å². The number of hydrogen-bond acceptors (Lipinski definition) is 8. The molecule has 12 nitrogen and oxygen atoms in total. The van der Waals surface area contributed by atoms with Crippen LogP contribution in [0, 0.1) is 21.6 Å². The van der Waals surface area contributed by atoms with Gasteiger partial charge in [0.2, 0.25) is 0 Å². The Morgan fingerprint density at radius 1 is 1.37 bits per heavy atom. The summed E-state index contributed by atoms with van der Waals surface area (Å²) in [6, 6.07) is 8.10. The normalized spacial score (nSPS) is 11.9. The Labute approximate surface area is 155 Å². The van der Waals surface area contributed by atoms with E-state index in [1.165, 1.54) is 0 Å². The van der Waals surface area contributed by atoms with Gasteiger partial charge in [-0.05, 0) is 24.4 Å². The molecule has 0 spiro atoms. The Morgan fingerprint density at radius 3 is 2.48 bits per heavy atom. The molecular formula is C15H23N5O7. The average Bonchev–Trinajstić information content (AvgIpc) is 2.61. The number of carbonyl (C=O) groups is 2. The zero-order valence-electron chi connectivity index (χ0n) is 14.7. The number of amides is 1. The third-order valence-corrected chi connectivity index (χ3v) is 3.29. The lowest BCUT2D eigenvalue weighted by atomic mass is 9.98. The van der Waals surface area contributed by atoms with Gasteiger partial charge in [0, 0.05) is 0 Å². The molecule has 2 atom stereocenters. The van der Waals surface area contributed by atoms with Gasteiger partial charge in [0.15, 0.2) is 0 Å². The number of carboxylic acids is 1. The Bertz CT molecular complexity index is 595. The van der Waals surface area contributed by atoms with E-state index in [-0.39, 0.29) is 19.2 Å². The van der Waals surface area contributed by atoms with Crippen LogP contribution in [-0.4, -0.2) is 46.7 Å². The highest BCUT2D eigenvalue weighted by molar-refractivity contribution is 5.80. The second kappa shape index (κ2) is 13.9. The Hall–Kier alpha value is -3.28. The lowest BCUT2D eigenvalue weighted by Crippen LogP contribution is -2.46. The molecule has 0 bridgehead atoms. The van der Waals surface area contributed by atoms with E-state index in [9.17, 15) is 14.7 Å². The van der Waals surface area contributed by atoms with Crippen molar-refractivity contribution in [1.29, 1.82) is 5.53 Å². The van der Waals surface area contributed by atoms with Gasteiger partial charge in [0.05, 0.1) is 0 Å². The number of benzene rings is 1. The van der Waals surface area contributed by atoms with Crippen molar-refractivity contribution in [2.75, 3.05) is 13.2 Å². The minimum absolute atomic E-state index is 0.0833. The summed E-state index contributed by atoms with van der Waals surface area (Å²) in [7, 11) is 0. The summed E-state index contributed by atoms with van der Waals surface area (Å²) < 4.78 is 5.03. The summed E-state index contributed by atoms with van der Waals surface area (Å²) in [4.78, 5) is 31.4. The van der Waals surface area contributed by atoms with Crippen LogP contribution in [0.3, 0.4) is 0 Å². The van der Waals surface area contributed by atoms with E-state index in [1.807, 2.05) is 30.3 Å². The number of nitrogens with one attached hydrogen (secondary N) is 3. The van der Waals surface area contributed by atoms with Crippen molar-refractivity contribution in [2.45, 2.75) is 26.0 Å². The molecule has 1 amide bonds. The maximum Gasteiger partial charge on any atom is 0.408 e. The molecule has 1 rings (SSSR count). The number of carboxylic acid groups (broad SMARTS) is 1. The van der Waals surface area contributed by atoms with E-state index in [0.717, 1.165) is 5.56 Å². The first kappa shape index (κ1) is 23.7. The molecule has 0 aliphatic carbocycles. The predicted octanol–water partition coefficient (Wildman–Crippen LogP) is 1.62. The van der Waals surface area contributed by atoms with Crippen LogP contribution in [0.4, 0.5) is 4.79 Å². The highest BCUT2D eigenvalue weighted by Gasteiger charge is 2.26. The fourth-order valence-corrected chi connectivity index (χ4v) is 1.97. The van der Waals surface area contributed by atoms with E-state index >= 15 is 0 Å². The topological polar surface area (TPSA) is 187 Å². The predicted molar refractivity (Wildman–Crippen MR) is 91.8 cm³/mol. The quantitative estimate of drug-likeness (QED) is 0.174. The molecule has 0 saturated carbocycles. The summed E-state index contributed by atoms with van der Waals surface area (Å²) in [6.45, 7) is 2.51. The first-order valence-electron chi connectivity index (χ1n) is 7.85. The number of hydrogen-bond donors (Lipinski definition) is 5. The van der Waals surface area contributed by atoms with Gasteiger partial charge in [-0.3, -0.25) is 5.32 Å². The monoisotopic (exact) mass is 385 g/mol. The number of alkyl carbamates (subject to hydrolysis) is 1. The van der Waals surface area contributed by atoms with Gasteiger partial charge in [-0.2, -0.15) is 5.11 Å². The zero-order valence-corrected chi connectivity index (χ0v) is 14.7. The molecule has 0 unspecified atom stereocenters. The lowest BCUT2D eigenvalue weighted by Gasteiger charge is -2.21. The van der Waals surface area contributed by atoms with Gasteiger partial charge in [0.25, 0.3) is 5.09 Å². The molecule has 0 radical (unpaired) electrons. The molecule has 0 aromatic heterocycles. The summed E-state index contributed by atoms with van der Waals surface area (Å²) in [5.41, 5.74) is 7.47. The average molecular weight is 385 g/mol. The van der Waals surface area contributed by atoms with Crippen molar-refractivity contribution in [3.8, 4) is 0 Å². The Morgan fingerprint density at radius 2 is 1.96 bits per heavy atom. The summed E-state index contributed by atoms with van der Waals surface area (Å²) in [6.07, 6.45) is -0.243. The fourth-order valence-electron chi connectivity index (χ4n) is 1.97. The van der Waals surface area contributed by atoms with E-state index in [1.54, 1.807) is 6.92 Å². The lowest BCUT2D eigenvalue weighted by molar-refractivity contribution is -0.742. The van der Waals surface area contributed by atoms with Gasteiger partial charge in [-0.25, -0.2) is 15.1 Å². The number of nitrogens with zero attached hydrogens (tertiary/aromatic N) is 2. The van der Waals surface area contributed by atoms with Gasteiger partial charge in [-0.1, -0.05) is 37.3 Å². The third kappa shape index (κ3) is 12.7. The van der Waals surface area contributed by atoms with E-state index in [2.05, 4.69) is 15.7 Å². The minimum atomic E-state index is -1.50. The van der Waals surface area contributed by atoms with Crippen molar-refractivity contribution in [3.63, 3.8) is 0 Å². The second-order valence-corrected chi connectivity index (χ2v) is 5.34. The van der Waals surface area contributed by atoms with Crippen molar-refractivity contribution in [2.24, 2.45) is 11.0 Å². The number of ether oxygens (including phenoxy) is 1. The molecule has 1 aromatic carbocycles. The molecule has 0 fully saturated rings. The van der Waals surface area contributed by atoms with Crippen LogP contribution in [0.1, 0.15) is 18.9 Å². The standard InChI is InChI=1S/C15H22N4O4.HNO3/c1-11(7-8-17-10-18-16)13(14(20)21)19-15(22)23-9-12-5-3-2-4-6-12;2-1(3)4/h2-6,11,13,16-17H,7-10H2,1H3,(H,19,22)(H,20,21);(H,2,3,4)/t11-,13+;/m1./s1. The Balaban J connectivity index is 0.00000153. The highest BCUT2D eigenvalue weighted by atomic mass is 16.9. The van der Waals surface area contributed by atoms with Crippen LogP contribution < -0.4 is 10.6 Å². The summed E-state index contributed by atoms with van der Waals surface area (Å²) in [5.74, 6) is -1.41. The minimum Gasteiger partial charge on any atom is -0.480 e. The molecule has 1 aromatic rings. The molecular weight excluding hydrogens is 362 g/mol. The summed E-state index contributed by atoms with van der Waals surface area (Å²) in [5, 5.41) is 31.3. The van der Waals surface area contributed by atoms with Gasteiger partial charge in [0.1, 0.15) is 19.3 Å². The number of rotatable bonds is 10. The Kier molecular flexibility index (Phi) is 12.3. The van der Waals surface area contributed by atoms with Crippen LogP contribution in [-0.2, 0) is 16.1 Å². The van der Waals surface area contributed by atoms with Crippen LogP contribution in [0.5, 0.6) is 0 Å². The molecule has 0 aliphatic rings. The first-order chi connectivity index (χ1) is 12.8. The van der Waals surface area contributed by atoms with E-state index in [4.69, 9.17) is 25.6 Å². The van der Waals surface area contributed by atoms with Crippen molar-refractivity contribution in [1.82, 2.24) is 10.6 Å². The number of carbonyl (C=O) groups excluding carboxylic acids is 1.